The van der Waals surface area contributed by atoms with Gasteiger partial charge in [-0.3, -0.25) is 29.0 Å². The van der Waals surface area contributed by atoms with Crippen molar-refractivity contribution in [2.24, 2.45) is 0 Å². The summed E-state index contributed by atoms with van der Waals surface area (Å²) in [5.74, 6) is -0.0120. The van der Waals surface area contributed by atoms with Crippen molar-refractivity contribution in [3.05, 3.63) is 117 Å². The van der Waals surface area contributed by atoms with Crippen molar-refractivity contribution >= 4 is 124 Å². The Balaban J connectivity index is 1.06. The fourth-order valence-electron chi connectivity index (χ4n) is 10.7. The third kappa shape index (κ3) is 9.23. The second kappa shape index (κ2) is 20.8. The van der Waals surface area contributed by atoms with Crippen molar-refractivity contribution in [1.82, 2.24) is 24.8 Å². The molecule has 0 saturated carbocycles. The molecule has 0 spiro atoms. The molecule has 0 radical (unpaired) electrons. The number of hydrogen-bond acceptors (Lipinski definition) is 11. The van der Waals surface area contributed by atoms with Gasteiger partial charge >= 0.3 is 0 Å². The van der Waals surface area contributed by atoms with E-state index in [1.54, 1.807) is 7.05 Å². The van der Waals surface area contributed by atoms with Crippen molar-refractivity contribution in [3.8, 4) is 0 Å². The fraction of sp³-hybridized carbons (Fsp3) is 0.328. The van der Waals surface area contributed by atoms with E-state index >= 15 is 0 Å². The summed E-state index contributed by atoms with van der Waals surface area (Å²) in [4.78, 5) is 76.5. The number of aryl methyl sites for hydroxylation is 2. The van der Waals surface area contributed by atoms with E-state index in [4.69, 9.17) is 0 Å². The van der Waals surface area contributed by atoms with Crippen LogP contribution in [-0.4, -0.2) is 68.5 Å². The van der Waals surface area contributed by atoms with Gasteiger partial charge in [0.1, 0.15) is 0 Å². The molecule has 7 aromatic carbocycles. The Morgan fingerprint density at radius 3 is 1.51 bits per heavy atom. The smallest absolute Gasteiger partial charge is 0.261 e. The number of nitrogens with zero attached hydrogens (tertiary/aromatic N) is 5. The molecule has 368 valence electrons. The highest BCUT2D eigenvalue weighted by Gasteiger charge is 2.38. The number of amides is 4. The summed E-state index contributed by atoms with van der Waals surface area (Å²) in [6, 6.07) is 25.6. The average Bonchev–Trinajstić information content (AvgIpc) is 3.36. The van der Waals surface area contributed by atoms with Crippen molar-refractivity contribution in [2.75, 3.05) is 36.1 Å². The molecule has 3 heterocycles. The van der Waals surface area contributed by atoms with Gasteiger partial charge in [0.2, 0.25) is 17.8 Å². The van der Waals surface area contributed by atoms with Crippen LogP contribution in [0.3, 0.4) is 0 Å². The van der Waals surface area contributed by atoms with Crippen LogP contribution in [0.15, 0.2) is 93.1 Å². The van der Waals surface area contributed by atoms with E-state index in [1.807, 2.05) is 86.6 Å². The topological polar surface area (TPSA) is 150 Å². The van der Waals surface area contributed by atoms with Gasteiger partial charge < -0.3 is 16.0 Å². The van der Waals surface area contributed by atoms with E-state index in [2.05, 4.69) is 66.7 Å². The van der Waals surface area contributed by atoms with E-state index in [9.17, 15) is 19.2 Å². The van der Waals surface area contributed by atoms with E-state index in [0.717, 1.165) is 129 Å². The number of benzene rings is 7. The molecule has 8 aromatic rings. The quantitative estimate of drug-likeness (QED) is 0.0273. The number of unbranched alkanes of at least 4 members (excludes halogenated alkanes) is 10. The molecule has 12 nitrogen and oxygen atoms in total. The minimum atomic E-state index is -0.299. The van der Waals surface area contributed by atoms with Crippen LogP contribution in [-0.2, 0) is 0 Å². The molecule has 0 unspecified atom stereocenters. The van der Waals surface area contributed by atoms with Crippen LogP contribution in [0.4, 0.5) is 29.2 Å². The molecule has 72 heavy (non-hydrogen) atoms. The zero-order valence-electron chi connectivity index (χ0n) is 41.6. The summed E-state index contributed by atoms with van der Waals surface area (Å²) in [7, 11) is 1.76. The van der Waals surface area contributed by atoms with Gasteiger partial charge in [0.25, 0.3) is 23.6 Å². The molecule has 14 heteroatoms. The second-order valence-electron chi connectivity index (χ2n) is 19.3. The van der Waals surface area contributed by atoms with Gasteiger partial charge in [-0.1, -0.05) is 124 Å². The molecule has 0 atom stereocenters. The highest BCUT2D eigenvalue weighted by molar-refractivity contribution is 9.10. The lowest BCUT2D eigenvalue weighted by Gasteiger charge is -2.31. The number of carbonyl (C=O) groups excluding carboxylic acids is 4. The Morgan fingerprint density at radius 1 is 0.486 bits per heavy atom. The Kier molecular flexibility index (Phi) is 14.2. The number of hydrogen-bond donors (Lipinski definition) is 3. The fourth-order valence-corrected chi connectivity index (χ4v) is 12.4. The number of halogens is 1. The zero-order valence-corrected chi connectivity index (χ0v) is 44.0. The molecule has 0 saturated heterocycles. The first-order valence-electron chi connectivity index (χ1n) is 25.5. The highest BCUT2D eigenvalue weighted by atomic mass is 79.9. The van der Waals surface area contributed by atoms with Gasteiger partial charge in [-0.15, -0.1) is 0 Å². The molecule has 0 fully saturated rings. The molecule has 4 amide bonds. The van der Waals surface area contributed by atoms with Gasteiger partial charge in [-0.2, -0.15) is 15.0 Å². The number of fused-ring (bicyclic) bond motifs is 2. The van der Waals surface area contributed by atoms with Gasteiger partial charge in [-0.05, 0) is 109 Å². The van der Waals surface area contributed by atoms with Crippen molar-refractivity contribution in [2.45, 2.75) is 115 Å². The lowest BCUT2D eigenvalue weighted by atomic mass is 9.82. The number of rotatable bonds is 21. The van der Waals surface area contributed by atoms with Crippen LogP contribution >= 0.6 is 27.7 Å². The minimum Gasteiger partial charge on any atom is -0.357 e. The standard InChI is InChI=1S/C58H59BrN8O4S/c1-6-8-10-12-14-16-26-66-52(68)40-25-23-39-49-45(72-37-20-18-35(19-21-37)61-57-63-56(60-5)64-58(65-57)62-36-29-33(3)28-34(4)30-36)32-43-47-41(53(69)67(55(43)71)27-17-15-13-11-9-7-2)24-22-38(51(47)49)48-44(59)31-42(54(66)70)46(40)50(39)48/h18-25,28-32H,6-17,26-27H2,1-5H3,(H3,60,61,62,63,64,65). The summed E-state index contributed by atoms with van der Waals surface area (Å²) in [5, 5.41) is 15.9. The highest BCUT2D eigenvalue weighted by Crippen LogP contribution is 2.52. The van der Waals surface area contributed by atoms with Crippen LogP contribution < -0.4 is 16.0 Å². The predicted octanol–water partition coefficient (Wildman–Crippen LogP) is 14.9. The molecule has 3 N–H and O–H groups in total. The molecule has 1 aromatic heterocycles. The lowest BCUT2D eigenvalue weighted by molar-refractivity contribution is 0.0592. The molecular formula is C58H59BrN8O4S. The Hall–Kier alpha value is -6.64. The molecule has 2 aliphatic heterocycles. The van der Waals surface area contributed by atoms with E-state index < -0.39 is 0 Å². The Labute approximate surface area is 432 Å². The van der Waals surface area contributed by atoms with E-state index in [-0.39, 0.29) is 23.6 Å². The van der Waals surface area contributed by atoms with Gasteiger partial charge in [0.15, 0.2) is 0 Å². The van der Waals surface area contributed by atoms with Crippen molar-refractivity contribution in [1.29, 1.82) is 0 Å². The number of aromatic nitrogens is 3. The largest absolute Gasteiger partial charge is 0.357 e. The van der Waals surface area contributed by atoms with Gasteiger partial charge in [0.05, 0.1) is 0 Å². The number of nitrogens with one attached hydrogen (secondary N) is 3. The monoisotopic (exact) mass is 1040 g/mol. The van der Waals surface area contributed by atoms with Crippen molar-refractivity contribution in [3.63, 3.8) is 0 Å². The first-order valence-corrected chi connectivity index (χ1v) is 27.1. The molecular weight excluding hydrogens is 985 g/mol. The van der Waals surface area contributed by atoms with E-state index in [1.165, 1.54) is 34.4 Å². The first-order chi connectivity index (χ1) is 35.0. The molecule has 0 bridgehead atoms. The van der Waals surface area contributed by atoms with Crippen LogP contribution in [0.1, 0.15) is 143 Å². The van der Waals surface area contributed by atoms with Crippen LogP contribution in [0, 0.1) is 13.8 Å². The minimum absolute atomic E-state index is 0.282. The second-order valence-corrected chi connectivity index (χ2v) is 21.2. The van der Waals surface area contributed by atoms with Crippen molar-refractivity contribution < 1.29 is 19.2 Å². The van der Waals surface area contributed by atoms with Gasteiger partial charge in [-0.25, -0.2) is 0 Å². The Morgan fingerprint density at radius 2 is 0.958 bits per heavy atom. The SMILES string of the molecule is CCCCCCCCN1C(=O)c2ccc3c4c(Sc5ccc(Nc6nc(NC)nc(Nc7cc(C)cc(C)c7)n6)cc5)cc5c6c(ccc(c7c(Br)cc(c2c37)C1=O)c64)C(=O)N(CCCCCCCC)C5=O. The third-order valence-corrected chi connectivity index (χ3v) is 15.7. The van der Waals surface area contributed by atoms with Crippen LogP contribution in [0.2, 0.25) is 0 Å². The lowest BCUT2D eigenvalue weighted by Crippen LogP contribution is -2.41. The van der Waals surface area contributed by atoms with Crippen LogP contribution in [0.5, 0.6) is 0 Å². The Bertz CT molecular complexity index is 3430. The summed E-state index contributed by atoms with van der Waals surface area (Å²) >= 11 is 5.44. The maximum absolute atomic E-state index is 14.8. The number of carbonyl (C=O) groups is 4. The maximum Gasteiger partial charge on any atom is 0.261 e. The van der Waals surface area contributed by atoms with E-state index in [0.29, 0.717) is 68.4 Å². The average molecular weight is 1040 g/mol. The normalized spacial score (nSPS) is 13.5. The molecule has 2 aliphatic rings. The third-order valence-electron chi connectivity index (χ3n) is 14.1. The molecule has 0 aliphatic carbocycles. The number of anilines is 5. The number of imide groups is 2. The summed E-state index contributed by atoms with van der Waals surface area (Å²) < 4.78 is 0.709. The first kappa shape index (κ1) is 49.0. The summed E-state index contributed by atoms with van der Waals surface area (Å²) in [5.41, 5.74) is 5.84. The summed E-state index contributed by atoms with van der Waals surface area (Å²) in [6.45, 7) is 9.19. The zero-order chi connectivity index (χ0) is 50.2. The summed E-state index contributed by atoms with van der Waals surface area (Å²) in [6.07, 6.45) is 12.5. The maximum atomic E-state index is 14.8. The predicted molar refractivity (Wildman–Crippen MR) is 295 cm³/mol. The van der Waals surface area contributed by atoms with Crippen LogP contribution in [0.25, 0.3) is 43.1 Å². The van der Waals surface area contributed by atoms with Gasteiger partial charge in [0, 0.05) is 100 Å². The molecule has 10 rings (SSSR count).